The van der Waals surface area contributed by atoms with Gasteiger partial charge in [-0.3, -0.25) is 0 Å². The largest absolute Gasteiger partial charge is 0.545 e. The second-order valence-corrected chi connectivity index (χ2v) is 5.26. The second kappa shape index (κ2) is 11.1. The molecule has 1 rings (SSSR count). The molecule has 0 heterocycles. The van der Waals surface area contributed by atoms with Crippen molar-refractivity contribution in [2.24, 2.45) is 0 Å². The predicted molar refractivity (Wildman–Crippen MR) is 83.8 cm³/mol. The number of carbonyl (C=O) groups is 1. The van der Waals surface area contributed by atoms with Crippen LogP contribution in [0.2, 0.25) is 0 Å². The first-order chi connectivity index (χ1) is 10.2. The zero-order valence-electron chi connectivity index (χ0n) is 12.8. The number of hydrogen-bond acceptors (Lipinski definition) is 3. The number of carboxylic acids is 1. The first kappa shape index (κ1) is 17.4. The van der Waals surface area contributed by atoms with Crippen molar-refractivity contribution in [1.29, 1.82) is 0 Å². The SMILES string of the molecule is COCCCCCCCCc1ccc(/C=C/C(=O)[O-])cc1. The lowest BCUT2D eigenvalue weighted by molar-refractivity contribution is -0.297. The molecule has 0 spiro atoms. The maximum Gasteiger partial charge on any atom is 0.0643 e. The van der Waals surface area contributed by atoms with Crippen LogP contribution in [0.5, 0.6) is 0 Å². The van der Waals surface area contributed by atoms with Gasteiger partial charge in [-0.25, -0.2) is 0 Å². The molecule has 0 unspecified atom stereocenters. The fourth-order valence-electron chi connectivity index (χ4n) is 2.24. The molecule has 0 bridgehead atoms. The molecular weight excluding hydrogens is 264 g/mol. The molecule has 0 N–H and O–H groups in total. The van der Waals surface area contributed by atoms with Gasteiger partial charge in [0, 0.05) is 13.7 Å². The number of benzene rings is 1. The molecule has 0 aliphatic heterocycles. The van der Waals surface area contributed by atoms with Crippen LogP contribution in [0.25, 0.3) is 6.08 Å². The Labute approximate surface area is 127 Å². The van der Waals surface area contributed by atoms with Gasteiger partial charge in [-0.1, -0.05) is 56.0 Å². The number of hydrogen-bond donors (Lipinski definition) is 0. The van der Waals surface area contributed by atoms with Gasteiger partial charge in [0.1, 0.15) is 0 Å². The van der Waals surface area contributed by atoms with Gasteiger partial charge in [0.15, 0.2) is 0 Å². The van der Waals surface area contributed by atoms with E-state index in [1.807, 2.05) is 12.1 Å². The summed E-state index contributed by atoms with van der Waals surface area (Å²) in [6.45, 7) is 0.874. The molecule has 0 aliphatic carbocycles. The van der Waals surface area contributed by atoms with E-state index in [0.717, 1.165) is 31.1 Å². The lowest BCUT2D eigenvalue weighted by Gasteiger charge is -2.03. The second-order valence-electron chi connectivity index (χ2n) is 5.26. The van der Waals surface area contributed by atoms with Gasteiger partial charge < -0.3 is 14.6 Å². The van der Waals surface area contributed by atoms with Gasteiger partial charge in [0.25, 0.3) is 0 Å². The maximum absolute atomic E-state index is 10.3. The predicted octanol–water partition coefficient (Wildman–Crippen LogP) is 2.98. The van der Waals surface area contributed by atoms with E-state index in [4.69, 9.17) is 4.74 Å². The summed E-state index contributed by atoms with van der Waals surface area (Å²) < 4.78 is 5.03. The Balaban J connectivity index is 2.14. The van der Waals surface area contributed by atoms with Crippen molar-refractivity contribution < 1.29 is 14.6 Å². The molecule has 21 heavy (non-hydrogen) atoms. The highest BCUT2D eigenvalue weighted by Crippen LogP contribution is 2.12. The molecular formula is C18H25O3-. The molecule has 0 amide bonds. The number of carbonyl (C=O) groups excluding carboxylic acids is 1. The number of aryl methyl sites for hydroxylation is 1. The summed E-state index contributed by atoms with van der Waals surface area (Å²) in [6, 6.07) is 8.01. The lowest BCUT2D eigenvalue weighted by Crippen LogP contribution is -2.18. The van der Waals surface area contributed by atoms with Crippen LogP contribution in [0.4, 0.5) is 0 Å². The van der Waals surface area contributed by atoms with E-state index >= 15 is 0 Å². The van der Waals surface area contributed by atoms with Crippen LogP contribution in [0.3, 0.4) is 0 Å². The van der Waals surface area contributed by atoms with E-state index in [9.17, 15) is 9.90 Å². The van der Waals surface area contributed by atoms with E-state index < -0.39 is 5.97 Å². The van der Waals surface area contributed by atoms with Gasteiger partial charge in [-0.05, 0) is 36.5 Å². The Kier molecular flexibility index (Phi) is 9.21. The summed E-state index contributed by atoms with van der Waals surface area (Å²) in [5, 5.41) is 10.3. The Hall–Kier alpha value is -1.61. The highest BCUT2D eigenvalue weighted by molar-refractivity contribution is 5.83. The van der Waals surface area contributed by atoms with E-state index in [0.29, 0.717) is 0 Å². The van der Waals surface area contributed by atoms with Gasteiger partial charge in [-0.15, -0.1) is 0 Å². The number of ether oxygens (including phenoxy) is 1. The molecule has 0 radical (unpaired) electrons. The zero-order valence-corrected chi connectivity index (χ0v) is 12.8. The van der Waals surface area contributed by atoms with Gasteiger partial charge in [0.05, 0.1) is 5.97 Å². The number of carboxylic acid groups (broad SMARTS) is 1. The normalized spacial score (nSPS) is 11.1. The fourth-order valence-corrected chi connectivity index (χ4v) is 2.24. The van der Waals surface area contributed by atoms with Crippen LogP contribution in [0.1, 0.15) is 49.7 Å². The first-order valence-corrected chi connectivity index (χ1v) is 7.69. The first-order valence-electron chi connectivity index (χ1n) is 7.69. The van der Waals surface area contributed by atoms with Crippen LogP contribution >= 0.6 is 0 Å². The van der Waals surface area contributed by atoms with Gasteiger partial charge in [-0.2, -0.15) is 0 Å². The smallest absolute Gasteiger partial charge is 0.0643 e. The summed E-state index contributed by atoms with van der Waals surface area (Å²) in [4.78, 5) is 10.3. The topological polar surface area (TPSA) is 49.4 Å². The molecule has 0 atom stereocenters. The van der Waals surface area contributed by atoms with Crippen LogP contribution in [-0.2, 0) is 16.0 Å². The van der Waals surface area contributed by atoms with Crippen LogP contribution in [0, 0.1) is 0 Å². The number of aliphatic carboxylic acids is 1. The Bertz CT molecular complexity index is 421. The third-order valence-electron chi connectivity index (χ3n) is 3.46. The monoisotopic (exact) mass is 289 g/mol. The van der Waals surface area contributed by atoms with Gasteiger partial charge >= 0.3 is 0 Å². The number of unbranched alkanes of at least 4 members (excludes halogenated alkanes) is 5. The summed E-state index contributed by atoms with van der Waals surface area (Å²) in [6.07, 6.45) is 11.2. The third kappa shape index (κ3) is 9.03. The number of methoxy groups -OCH3 is 1. The van der Waals surface area contributed by atoms with Crippen molar-refractivity contribution in [3.05, 3.63) is 41.5 Å². The quantitative estimate of drug-likeness (QED) is 0.465. The summed E-state index contributed by atoms with van der Waals surface area (Å²) in [5.74, 6) is -1.16. The molecule has 0 aromatic heterocycles. The third-order valence-corrected chi connectivity index (χ3v) is 3.46. The van der Waals surface area contributed by atoms with E-state index in [1.165, 1.54) is 37.7 Å². The molecule has 116 valence electrons. The molecule has 0 aliphatic rings. The Morgan fingerprint density at radius 2 is 1.67 bits per heavy atom. The minimum Gasteiger partial charge on any atom is -0.545 e. The average Bonchev–Trinajstić information content (AvgIpc) is 2.49. The molecule has 0 saturated carbocycles. The van der Waals surface area contributed by atoms with Crippen molar-refractivity contribution in [3.8, 4) is 0 Å². The molecule has 0 saturated heterocycles. The van der Waals surface area contributed by atoms with Crippen LogP contribution < -0.4 is 5.11 Å². The van der Waals surface area contributed by atoms with Crippen LogP contribution in [0.15, 0.2) is 30.3 Å². The molecule has 0 fully saturated rings. The van der Waals surface area contributed by atoms with Crippen molar-refractivity contribution in [2.75, 3.05) is 13.7 Å². The highest BCUT2D eigenvalue weighted by atomic mass is 16.5. The molecule has 1 aromatic rings. The summed E-state index contributed by atoms with van der Waals surface area (Å²) >= 11 is 0. The molecule has 3 heteroatoms. The average molecular weight is 289 g/mol. The molecule has 3 nitrogen and oxygen atoms in total. The maximum atomic E-state index is 10.3. The lowest BCUT2D eigenvalue weighted by atomic mass is 10.0. The Morgan fingerprint density at radius 3 is 2.29 bits per heavy atom. The van der Waals surface area contributed by atoms with Crippen LogP contribution in [-0.4, -0.2) is 19.7 Å². The van der Waals surface area contributed by atoms with Gasteiger partial charge in [0.2, 0.25) is 0 Å². The van der Waals surface area contributed by atoms with Crippen molar-refractivity contribution >= 4 is 12.0 Å². The minimum absolute atomic E-state index is 0.874. The Morgan fingerprint density at radius 1 is 1.05 bits per heavy atom. The van der Waals surface area contributed by atoms with Crippen molar-refractivity contribution in [3.63, 3.8) is 0 Å². The number of rotatable bonds is 11. The summed E-state index contributed by atoms with van der Waals surface area (Å²) in [7, 11) is 1.75. The highest BCUT2D eigenvalue weighted by Gasteiger charge is 1.95. The van der Waals surface area contributed by atoms with E-state index in [2.05, 4.69) is 12.1 Å². The molecule has 1 aromatic carbocycles. The fraction of sp³-hybridized carbons (Fsp3) is 0.500. The minimum atomic E-state index is -1.16. The van der Waals surface area contributed by atoms with E-state index in [-0.39, 0.29) is 0 Å². The summed E-state index contributed by atoms with van der Waals surface area (Å²) in [5.41, 5.74) is 2.20. The van der Waals surface area contributed by atoms with Crippen molar-refractivity contribution in [1.82, 2.24) is 0 Å². The standard InChI is InChI=1S/C18H26O3/c1-21-15-7-5-3-2-4-6-8-16-9-11-17(12-10-16)13-14-18(19)20/h9-14H,2-8,15H2,1H3,(H,19,20)/p-1/b14-13+. The van der Waals surface area contributed by atoms with Crippen molar-refractivity contribution in [2.45, 2.75) is 44.9 Å². The zero-order chi connectivity index (χ0) is 15.3. The van der Waals surface area contributed by atoms with E-state index in [1.54, 1.807) is 13.2 Å².